The Kier molecular flexibility index (Phi) is 5.53. The van der Waals surface area contributed by atoms with Crippen LogP contribution in [0, 0.1) is 5.82 Å². The highest BCUT2D eigenvalue weighted by Gasteiger charge is 2.13. The fourth-order valence-corrected chi connectivity index (χ4v) is 2.83. The third-order valence-electron chi connectivity index (χ3n) is 3.91. The first-order valence-corrected chi connectivity index (χ1v) is 8.68. The molecule has 0 saturated heterocycles. The van der Waals surface area contributed by atoms with Crippen molar-refractivity contribution in [1.29, 1.82) is 0 Å². The molecule has 3 rings (SSSR count). The predicted octanol–water partition coefficient (Wildman–Crippen LogP) is 3.29. The molecule has 0 spiro atoms. The summed E-state index contributed by atoms with van der Waals surface area (Å²) in [5.74, 6) is 0.343. The quantitative estimate of drug-likeness (QED) is 0.675. The van der Waals surface area contributed by atoms with E-state index in [0.717, 1.165) is 5.69 Å². The Morgan fingerprint density at radius 2 is 2.12 bits per heavy atom. The minimum absolute atomic E-state index is 0.249. The SMILES string of the molecule is CN(Cc1c(Cl)cnn1C)C(=S)Nc1ccn(Cc2ccccc2F)n1. The molecule has 0 unspecified atom stereocenters. The minimum atomic E-state index is -0.249. The lowest BCUT2D eigenvalue weighted by Gasteiger charge is -2.20. The molecule has 136 valence electrons. The zero-order valence-electron chi connectivity index (χ0n) is 14.4. The standard InChI is InChI=1S/C17H18ClFN6S/c1-23(11-15-13(18)9-20-24(15)2)17(26)21-16-7-8-25(22-16)10-12-5-3-4-6-14(12)19/h3-9H,10-11H2,1-2H3,(H,21,22,26). The van der Waals surface area contributed by atoms with Crippen LogP contribution in [-0.4, -0.2) is 36.6 Å². The van der Waals surface area contributed by atoms with Gasteiger partial charge in [-0.25, -0.2) is 4.39 Å². The number of halogens is 2. The van der Waals surface area contributed by atoms with E-state index in [2.05, 4.69) is 15.5 Å². The summed E-state index contributed by atoms with van der Waals surface area (Å²) in [6.07, 6.45) is 3.38. The molecule has 0 atom stereocenters. The van der Waals surface area contributed by atoms with E-state index in [-0.39, 0.29) is 5.82 Å². The number of nitrogens with one attached hydrogen (secondary N) is 1. The van der Waals surface area contributed by atoms with Crippen LogP contribution in [0.2, 0.25) is 5.02 Å². The van der Waals surface area contributed by atoms with E-state index < -0.39 is 0 Å². The van der Waals surface area contributed by atoms with Crippen molar-refractivity contribution < 1.29 is 4.39 Å². The van der Waals surface area contributed by atoms with Crippen LogP contribution < -0.4 is 5.32 Å². The number of nitrogens with zero attached hydrogens (tertiary/aromatic N) is 5. The molecule has 0 aliphatic rings. The van der Waals surface area contributed by atoms with E-state index in [1.165, 1.54) is 6.07 Å². The van der Waals surface area contributed by atoms with Crippen molar-refractivity contribution in [2.75, 3.05) is 12.4 Å². The van der Waals surface area contributed by atoms with Crippen molar-refractivity contribution in [2.45, 2.75) is 13.1 Å². The molecular formula is C17H18ClFN6S. The predicted molar refractivity (Wildman–Crippen MR) is 104 cm³/mol. The lowest BCUT2D eigenvalue weighted by molar-refractivity contribution is 0.482. The van der Waals surface area contributed by atoms with Gasteiger partial charge in [-0.05, 0) is 18.3 Å². The zero-order chi connectivity index (χ0) is 18.7. The summed E-state index contributed by atoms with van der Waals surface area (Å²) < 4.78 is 17.1. The second-order valence-corrected chi connectivity index (χ2v) is 6.63. The number of thiocarbonyl (C=S) groups is 1. The molecule has 0 fully saturated rings. The van der Waals surface area contributed by atoms with E-state index in [1.807, 2.05) is 19.0 Å². The number of aromatic nitrogens is 4. The molecule has 1 N–H and O–H groups in total. The Bertz CT molecular complexity index is 902. The van der Waals surface area contributed by atoms with E-state index in [0.29, 0.717) is 34.6 Å². The van der Waals surface area contributed by atoms with Gasteiger partial charge in [0.1, 0.15) is 5.82 Å². The summed E-state index contributed by atoms with van der Waals surface area (Å²) in [6, 6.07) is 8.43. The van der Waals surface area contributed by atoms with Crippen LogP contribution in [0.1, 0.15) is 11.3 Å². The van der Waals surface area contributed by atoms with Gasteiger partial charge in [-0.2, -0.15) is 10.2 Å². The molecule has 6 nitrogen and oxygen atoms in total. The van der Waals surface area contributed by atoms with Crippen molar-refractivity contribution in [2.24, 2.45) is 7.05 Å². The smallest absolute Gasteiger partial charge is 0.174 e. The third-order valence-corrected chi connectivity index (χ3v) is 4.64. The lowest BCUT2D eigenvalue weighted by atomic mass is 10.2. The third kappa shape index (κ3) is 4.20. The van der Waals surface area contributed by atoms with Gasteiger partial charge in [-0.15, -0.1) is 0 Å². The maximum atomic E-state index is 13.7. The minimum Gasteiger partial charge on any atom is -0.346 e. The first-order chi connectivity index (χ1) is 12.4. The summed E-state index contributed by atoms with van der Waals surface area (Å²) >= 11 is 11.5. The van der Waals surface area contributed by atoms with Gasteiger partial charge in [0.25, 0.3) is 0 Å². The van der Waals surface area contributed by atoms with Gasteiger partial charge in [-0.3, -0.25) is 9.36 Å². The van der Waals surface area contributed by atoms with Gasteiger partial charge in [-0.1, -0.05) is 29.8 Å². The maximum absolute atomic E-state index is 13.7. The molecule has 0 aliphatic heterocycles. The summed E-state index contributed by atoms with van der Waals surface area (Å²) in [5, 5.41) is 12.7. The Balaban J connectivity index is 1.61. The summed E-state index contributed by atoms with van der Waals surface area (Å²) in [6.45, 7) is 0.860. The molecule has 2 heterocycles. The molecule has 1 aromatic carbocycles. The van der Waals surface area contributed by atoms with Crippen LogP contribution in [-0.2, 0) is 20.1 Å². The van der Waals surface area contributed by atoms with Gasteiger partial charge < -0.3 is 10.2 Å². The fraction of sp³-hybridized carbons (Fsp3) is 0.235. The first-order valence-electron chi connectivity index (χ1n) is 7.89. The summed E-state index contributed by atoms with van der Waals surface area (Å²) in [5.41, 5.74) is 1.44. The average Bonchev–Trinajstić information content (AvgIpc) is 3.18. The van der Waals surface area contributed by atoms with Crippen LogP contribution in [0.4, 0.5) is 10.2 Å². The van der Waals surface area contributed by atoms with Crippen LogP contribution >= 0.6 is 23.8 Å². The second kappa shape index (κ2) is 7.84. The Labute approximate surface area is 161 Å². The van der Waals surface area contributed by atoms with Crippen molar-refractivity contribution >= 4 is 34.7 Å². The summed E-state index contributed by atoms with van der Waals surface area (Å²) in [4.78, 5) is 1.84. The van der Waals surface area contributed by atoms with Gasteiger partial charge in [0, 0.05) is 31.9 Å². The molecule has 0 aliphatic carbocycles. The van der Waals surface area contributed by atoms with E-state index >= 15 is 0 Å². The van der Waals surface area contributed by atoms with Gasteiger partial charge >= 0.3 is 0 Å². The van der Waals surface area contributed by atoms with Crippen molar-refractivity contribution in [3.63, 3.8) is 0 Å². The monoisotopic (exact) mass is 392 g/mol. The van der Waals surface area contributed by atoms with Gasteiger partial charge in [0.15, 0.2) is 10.9 Å². The number of hydrogen-bond donors (Lipinski definition) is 1. The van der Waals surface area contributed by atoms with Crippen LogP contribution in [0.15, 0.2) is 42.7 Å². The molecule has 26 heavy (non-hydrogen) atoms. The number of aryl methyl sites for hydroxylation is 1. The zero-order valence-corrected chi connectivity index (χ0v) is 15.9. The highest BCUT2D eigenvalue weighted by Crippen LogP contribution is 2.16. The van der Waals surface area contributed by atoms with Crippen molar-refractivity contribution in [3.8, 4) is 0 Å². The Morgan fingerprint density at radius 1 is 1.35 bits per heavy atom. The number of rotatable bonds is 5. The maximum Gasteiger partial charge on any atom is 0.174 e. The van der Waals surface area contributed by atoms with Crippen LogP contribution in [0.3, 0.4) is 0 Å². The molecule has 0 saturated carbocycles. The van der Waals surface area contributed by atoms with Gasteiger partial charge in [0.05, 0.1) is 30.0 Å². The molecule has 2 aromatic heterocycles. The highest BCUT2D eigenvalue weighted by molar-refractivity contribution is 7.80. The highest BCUT2D eigenvalue weighted by atomic mass is 35.5. The largest absolute Gasteiger partial charge is 0.346 e. The van der Waals surface area contributed by atoms with E-state index in [4.69, 9.17) is 23.8 Å². The molecule has 3 aromatic rings. The molecule has 0 radical (unpaired) electrons. The van der Waals surface area contributed by atoms with Gasteiger partial charge in [0.2, 0.25) is 0 Å². The van der Waals surface area contributed by atoms with Crippen LogP contribution in [0.25, 0.3) is 0 Å². The lowest BCUT2D eigenvalue weighted by Crippen LogP contribution is -2.31. The Morgan fingerprint density at radius 3 is 2.81 bits per heavy atom. The van der Waals surface area contributed by atoms with Crippen LogP contribution in [0.5, 0.6) is 0 Å². The number of anilines is 1. The van der Waals surface area contributed by atoms with Crippen molar-refractivity contribution in [3.05, 3.63) is 64.8 Å². The first kappa shape index (κ1) is 18.3. The number of benzene rings is 1. The molecule has 0 amide bonds. The Hall–Kier alpha value is -2.45. The normalized spacial score (nSPS) is 10.8. The second-order valence-electron chi connectivity index (χ2n) is 5.84. The van der Waals surface area contributed by atoms with E-state index in [1.54, 1.807) is 46.0 Å². The van der Waals surface area contributed by atoms with Crippen molar-refractivity contribution in [1.82, 2.24) is 24.5 Å². The summed E-state index contributed by atoms with van der Waals surface area (Å²) in [7, 11) is 3.69. The molecule has 9 heteroatoms. The molecular weight excluding hydrogens is 375 g/mol. The fourth-order valence-electron chi connectivity index (χ4n) is 2.43. The van der Waals surface area contributed by atoms with E-state index in [9.17, 15) is 4.39 Å². The molecule has 0 bridgehead atoms. The topological polar surface area (TPSA) is 50.9 Å². The number of hydrogen-bond acceptors (Lipinski definition) is 3. The average molecular weight is 393 g/mol.